The second kappa shape index (κ2) is 5.32. The molecule has 1 saturated carbocycles. The van der Waals surface area contributed by atoms with Crippen LogP contribution in [-0.4, -0.2) is 43.7 Å². The highest BCUT2D eigenvalue weighted by atomic mass is 16.5. The summed E-state index contributed by atoms with van der Waals surface area (Å²) in [6, 6.07) is 0.333. The van der Waals surface area contributed by atoms with E-state index < -0.39 is 0 Å². The molecule has 1 fully saturated rings. The number of likely N-dealkylation sites (N-methyl/N-ethyl adjacent to an activating group) is 1. The lowest BCUT2D eigenvalue weighted by atomic mass is 9.94. The van der Waals surface area contributed by atoms with Gasteiger partial charge in [0.2, 0.25) is 5.91 Å². The Kier molecular flexibility index (Phi) is 4.35. The Balaban J connectivity index is 2.16. The van der Waals surface area contributed by atoms with Gasteiger partial charge in [0, 0.05) is 20.1 Å². The first-order valence-corrected chi connectivity index (χ1v) is 5.17. The maximum atomic E-state index is 11.2. The molecular formula is C10H20N2O2. The van der Waals surface area contributed by atoms with Gasteiger partial charge in [0.1, 0.15) is 6.61 Å². The highest BCUT2D eigenvalue weighted by Gasteiger charge is 2.19. The molecule has 0 aromatic carbocycles. The van der Waals surface area contributed by atoms with Gasteiger partial charge in [-0.25, -0.2) is 0 Å². The maximum Gasteiger partial charge on any atom is 0.248 e. The fraction of sp³-hybridized carbons (Fsp3) is 0.900. The van der Waals surface area contributed by atoms with E-state index in [1.165, 1.54) is 0 Å². The van der Waals surface area contributed by atoms with Crippen LogP contribution in [0.25, 0.3) is 0 Å². The molecular weight excluding hydrogens is 180 g/mol. The molecule has 0 saturated heterocycles. The van der Waals surface area contributed by atoms with Crippen molar-refractivity contribution in [2.45, 2.75) is 37.8 Å². The molecule has 0 atom stereocenters. The minimum Gasteiger partial charge on any atom is -0.368 e. The molecule has 0 spiro atoms. The monoisotopic (exact) mass is 200 g/mol. The first kappa shape index (κ1) is 11.5. The third kappa shape index (κ3) is 3.64. The zero-order chi connectivity index (χ0) is 10.6. The number of ether oxygens (including phenoxy) is 1. The zero-order valence-electron chi connectivity index (χ0n) is 9.03. The fourth-order valence-electron chi connectivity index (χ4n) is 1.57. The van der Waals surface area contributed by atoms with Gasteiger partial charge in [-0.3, -0.25) is 4.79 Å². The summed E-state index contributed by atoms with van der Waals surface area (Å²) in [6.07, 6.45) is 4.24. The van der Waals surface area contributed by atoms with Gasteiger partial charge in [0.15, 0.2) is 0 Å². The van der Waals surface area contributed by atoms with Gasteiger partial charge in [-0.2, -0.15) is 0 Å². The highest BCUT2D eigenvalue weighted by Crippen LogP contribution is 2.19. The third-order valence-electron chi connectivity index (χ3n) is 2.66. The second-order valence-corrected chi connectivity index (χ2v) is 4.14. The fourth-order valence-corrected chi connectivity index (χ4v) is 1.57. The molecule has 14 heavy (non-hydrogen) atoms. The molecule has 0 aromatic heterocycles. The largest absolute Gasteiger partial charge is 0.368 e. The van der Waals surface area contributed by atoms with Gasteiger partial charge in [0.05, 0.1) is 6.10 Å². The lowest BCUT2D eigenvalue weighted by Crippen LogP contribution is -2.33. The molecule has 1 aliphatic rings. The summed E-state index contributed by atoms with van der Waals surface area (Å²) in [7, 11) is 3.48. The normalized spacial score (nSPS) is 27.4. The molecule has 4 heteroatoms. The summed E-state index contributed by atoms with van der Waals surface area (Å²) in [4.78, 5) is 12.8. The third-order valence-corrected chi connectivity index (χ3v) is 2.66. The van der Waals surface area contributed by atoms with E-state index in [4.69, 9.17) is 10.5 Å². The van der Waals surface area contributed by atoms with Crippen LogP contribution in [0.2, 0.25) is 0 Å². The van der Waals surface area contributed by atoms with Crippen molar-refractivity contribution in [1.29, 1.82) is 0 Å². The van der Waals surface area contributed by atoms with E-state index in [-0.39, 0.29) is 18.6 Å². The van der Waals surface area contributed by atoms with E-state index in [1.807, 2.05) is 0 Å². The first-order valence-electron chi connectivity index (χ1n) is 5.17. The van der Waals surface area contributed by atoms with E-state index in [0.717, 1.165) is 25.7 Å². The number of carbonyl (C=O) groups excluding carboxylic acids is 1. The van der Waals surface area contributed by atoms with E-state index in [0.29, 0.717) is 6.04 Å². The lowest BCUT2D eigenvalue weighted by Gasteiger charge is -2.26. The Bertz CT molecular complexity index is 187. The van der Waals surface area contributed by atoms with Crippen molar-refractivity contribution in [2.75, 3.05) is 20.7 Å². The van der Waals surface area contributed by atoms with Gasteiger partial charge in [-0.1, -0.05) is 0 Å². The maximum absolute atomic E-state index is 11.2. The van der Waals surface area contributed by atoms with Crippen molar-refractivity contribution in [1.82, 2.24) is 4.90 Å². The summed E-state index contributed by atoms with van der Waals surface area (Å²) < 4.78 is 5.51. The Morgan fingerprint density at radius 3 is 2.43 bits per heavy atom. The number of carbonyl (C=O) groups is 1. The van der Waals surface area contributed by atoms with Crippen molar-refractivity contribution in [3.8, 4) is 0 Å². The summed E-state index contributed by atoms with van der Waals surface area (Å²) in [6.45, 7) is 0.201. The van der Waals surface area contributed by atoms with Crippen molar-refractivity contribution < 1.29 is 9.53 Å². The number of hydrogen-bond acceptors (Lipinski definition) is 3. The topological polar surface area (TPSA) is 55.6 Å². The molecule has 0 bridgehead atoms. The standard InChI is InChI=1S/C10H20N2O2/c1-12(2)10(13)7-14-9-5-3-8(11)4-6-9/h8-9H,3-7,11H2,1-2H3. The summed E-state index contributed by atoms with van der Waals surface area (Å²) in [5.74, 6) is 0.0277. The van der Waals surface area contributed by atoms with E-state index in [2.05, 4.69) is 0 Å². The van der Waals surface area contributed by atoms with Crippen molar-refractivity contribution in [3.63, 3.8) is 0 Å². The van der Waals surface area contributed by atoms with Gasteiger partial charge in [-0.15, -0.1) is 0 Å². The molecule has 4 nitrogen and oxygen atoms in total. The van der Waals surface area contributed by atoms with Crippen molar-refractivity contribution in [3.05, 3.63) is 0 Å². The predicted molar refractivity (Wildman–Crippen MR) is 54.9 cm³/mol. The number of nitrogens with zero attached hydrogens (tertiary/aromatic N) is 1. The van der Waals surface area contributed by atoms with Crippen LogP contribution in [0.3, 0.4) is 0 Å². The molecule has 0 radical (unpaired) electrons. The predicted octanol–water partition coefficient (Wildman–Crippen LogP) is 0.361. The van der Waals surface area contributed by atoms with E-state index >= 15 is 0 Å². The molecule has 0 aliphatic heterocycles. The number of hydrogen-bond donors (Lipinski definition) is 1. The minimum atomic E-state index is 0.0277. The van der Waals surface area contributed by atoms with Crippen LogP contribution in [0.15, 0.2) is 0 Å². The minimum absolute atomic E-state index is 0.0277. The van der Waals surface area contributed by atoms with Crippen LogP contribution in [0.5, 0.6) is 0 Å². The van der Waals surface area contributed by atoms with Gasteiger partial charge >= 0.3 is 0 Å². The Morgan fingerprint density at radius 2 is 1.93 bits per heavy atom. The SMILES string of the molecule is CN(C)C(=O)COC1CCC(N)CC1. The number of amides is 1. The van der Waals surface area contributed by atoms with Crippen LogP contribution in [-0.2, 0) is 9.53 Å². The number of nitrogens with two attached hydrogens (primary N) is 1. The van der Waals surface area contributed by atoms with E-state index in [1.54, 1.807) is 19.0 Å². The lowest BCUT2D eigenvalue weighted by molar-refractivity contribution is -0.136. The zero-order valence-corrected chi connectivity index (χ0v) is 9.03. The summed E-state index contributed by atoms with van der Waals surface area (Å²) in [5, 5.41) is 0. The molecule has 1 amide bonds. The van der Waals surface area contributed by atoms with Crippen LogP contribution in [0.1, 0.15) is 25.7 Å². The van der Waals surface area contributed by atoms with Gasteiger partial charge in [0.25, 0.3) is 0 Å². The molecule has 2 N–H and O–H groups in total. The summed E-state index contributed by atoms with van der Waals surface area (Å²) >= 11 is 0. The molecule has 1 aliphatic carbocycles. The van der Waals surface area contributed by atoms with Gasteiger partial charge < -0.3 is 15.4 Å². The Morgan fingerprint density at radius 1 is 1.36 bits per heavy atom. The molecule has 1 rings (SSSR count). The average molecular weight is 200 g/mol. The average Bonchev–Trinajstić information content (AvgIpc) is 2.16. The van der Waals surface area contributed by atoms with Crippen LogP contribution in [0, 0.1) is 0 Å². The molecule has 82 valence electrons. The van der Waals surface area contributed by atoms with Gasteiger partial charge in [-0.05, 0) is 25.7 Å². The summed E-state index contributed by atoms with van der Waals surface area (Å²) in [5.41, 5.74) is 5.77. The Labute approximate surface area is 85.4 Å². The van der Waals surface area contributed by atoms with Crippen LogP contribution >= 0.6 is 0 Å². The molecule has 0 aromatic rings. The van der Waals surface area contributed by atoms with Crippen molar-refractivity contribution in [2.24, 2.45) is 5.73 Å². The van der Waals surface area contributed by atoms with Crippen LogP contribution < -0.4 is 5.73 Å². The van der Waals surface area contributed by atoms with Crippen LogP contribution in [0.4, 0.5) is 0 Å². The second-order valence-electron chi connectivity index (χ2n) is 4.14. The van der Waals surface area contributed by atoms with Crippen molar-refractivity contribution >= 4 is 5.91 Å². The van der Waals surface area contributed by atoms with E-state index in [9.17, 15) is 4.79 Å². The quantitative estimate of drug-likeness (QED) is 0.715. The molecule has 0 heterocycles. The highest BCUT2D eigenvalue weighted by molar-refractivity contribution is 5.76. The molecule has 0 unspecified atom stereocenters. The Hall–Kier alpha value is -0.610. The number of rotatable bonds is 3. The first-order chi connectivity index (χ1) is 6.59. The smallest absolute Gasteiger partial charge is 0.248 e.